The van der Waals surface area contributed by atoms with Gasteiger partial charge in [0.25, 0.3) is 0 Å². The fourth-order valence-electron chi connectivity index (χ4n) is 1.48. The summed E-state index contributed by atoms with van der Waals surface area (Å²) < 4.78 is 13.2. The number of carbonyl (C=O) groups is 1. The highest BCUT2D eigenvalue weighted by Crippen LogP contribution is 2.25. The zero-order chi connectivity index (χ0) is 11.0. The molecule has 0 saturated carbocycles. The highest BCUT2D eigenvalue weighted by Gasteiger charge is 2.10. The van der Waals surface area contributed by atoms with E-state index in [9.17, 15) is 9.18 Å². The van der Waals surface area contributed by atoms with Crippen LogP contribution in [0.4, 0.5) is 4.39 Å². The Balaban J connectivity index is 2.59. The second-order valence-electron chi connectivity index (χ2n) is 3.20. The molecule has 0 aliphatic carbocycles. The molecule has 0 aliphatic heterocycles. The summed E-state index contributed by atoms with van der Waals surface area (Å²) >= 11 is 5.59. The van der Waals surface area contributed by atoms with Crippen LogP contribution in [0.1, 0.15) is 5.56 Å². The number of aromatic amines is 1. The van der Waals surface area contributed by atoms with Crippen LogP contribution in [0, 0.1) is 5.82 Å². The Morgan fingerprint density at radius 3 is 2.93 bits per heavy atom. The summed E-state index contributed by atoms with van der Waals surface area (Å²) in [5.74, 6) is -1.50. The minimum Gasteiger partial charge on any atom is -0.481 e. The van der Waals surface area contributed by atoms with Gasteiger partial charge in [-0.15, -0.1) is 0 Å². The molecule has 1 aromatic heterocycles. The Kier molecular flexibility index (Phi) is 2.36. The van der Waals surface area contributed by atoms with Crippen molar-refractivity contribution >= 4 is 28.5 Å². The predicted octanol–water partition coefficient (Wildman–Crippen LogP) is 2.59. The number of nitrogens with one attached hydrogen (secondary N) is 1. The van der Waals surface area contributed by atoms with E-state index in [0.29, 0.717) is 16.5 Å². The van der Waals surface area contributed by atoms with E-state index >= 15 is 0 Å². The van der Waals surface area contributed by atoms with Crippen molar-refractivity contribution in [2.75, 3.05) is 0 Å². The maximum absolute atomic E-state index is 13.2. The van der Waals surface area contributed by atoms with E-state index in [1.165, 1.54) is 12.1 Å². The maximum Gasteiger partial charge on any atom is 0.307 e. The van der Waals surface area contributed by atoms with Gasteiger partial charge in [0, 0.05) is 17.1 Å². The Morgan fingerprint density at radius 2 is 2.27 bits per heavy atom. The summed E-state index contributed by atoms with van der Waals surface area (Å²) in [6.07, 6.45) is 1.41. The summed E-state index contributed by atoms with van der Waals surface area (Å²) in [4.78, 5) is 13.4. The minimum absolute atomic E-state index is 0.0197. The first kappa shape index (κ1) is 9.98. The molecule has 0 saturated heterocycles. The molecule has 78 valence electrons. The normalized spacial score (nSPS) is 10.8. The second-order valence-corrected chi connectivity index (χ2v) is 3.60. The maximum atomic E-state index is 13.2. The van der Waals surface area contributed by atoms with Gasteiger partial charge < -0.3 is 10.1 Å². The van der Waals surface area contributed by atoms with Crippen molar-refractivity contribution in [1.82, 2.24) is 4.98 Å². The summed E-state index contributed by atoms with van der Waals surface area (Å²) in [7, 11) is 0. The number of H-pyrrole nitrogens is 1. The van der Waals surface area contributed by atoms with Crippen LogP contribution < -0.4 is 0 Å². The summed E-state index contributed by atoms with van der Waals surface area (Å²) in [6, 6.07) is 2.68. The Bertz CT molecular complexity index is 535. The van der Waals surface area contributed by atoms with Gasteiger partial charge in [-0.05, 0) is 17.7 Å². The molecule has 1 heterocycles. The second kappa shape index (κ2) is 3.55. The molecule has 0 amide bonds. The van der Waals surface area contributed by atoms with Crippen molar-refractivity contribution in [2.45, 2.75) is 6.42 Å². The van der Waals surface area contributed by atoms with Crippen molar-refractivity contribution < 1.29 is 14.3 Å². The first-order chi connectivity index (χ1) is 7.08. The van der Waals surface area contributed by atoms with Crippen molar-refractivity contribution in [3.05, 3.63) is 34.7 Å². The standard InChI is InChI=1S/C10H7ClFNO2/c11-7-3-9-6(2-8(7)12)5(4-13-9)1-10(14)15/h2-4,13H,1H2,(H,14,15). The van der Waals surface area contributed by atoms with E-state index in [-0.39, 0.29) is 11.4 Å². The van der Waals surface area contributed by atoms with E-state index in [2.05, 4.69) is 4.98 Å². The molecule has 0 spiro atoms. The third kappa shape index (κ3) is 1.80. The van der Waals surface area contributed by atoms with E-state index in [1.807, 2.05) is 0 Å². The van der Waals surface area contributed by atoms with Gasteiger partial charge >= 0.3 is 5.97 Å². The number of hydrogen-bond acceptors (Lipinski definition) is 1. The van der Waals surface area contributed by atoms with Gasteiger partial charge in [0.05, 0.1) is 11.4 Å². The monoisotopic (exact) mass is 227 g/mol. The highest BCUT2D eigenvalue weighted by atomic mass is 35.5. The van der Waals surface area contributed by atoms with Crippen LogP contribution in [0.25, 0.3) is 10.9 Å². The van der Waals surface area contributed by atoms with E-state index in [1.54, 1.807) is 6.20 Å². The number of rotatable bonds is 2. The van der Waals surface area contributed by atoms with Gasteiger partial charge in [-0.1, -0.05) is 11.6 Å². The quantitative estimate of drug-likeness (QED) is 0.829. The van der Waals surface area contributed by atoms with E-state index in [0.717, 1.165) is 0 Å². The van der Waals surface area contributed by atoms with Crippen molar-refractivity contribution in [3.8, 4) is 0 Å². The molecule has 5 heteroatoms. The number of aromatic nitrogens is 1. The fourth-order valence-corrected chi connectivity index (χ4v) is 1.65. The largest absolute Gasteiger partial charge is 0.481 e. The van der Waals surface area contributed by atoms with Crippen molar-refractivity contribution in [2.24, 2.45) is 0 Å². The van der Waals surface area contributed by atoms with Crippen LogP contribution in [-0.4, -0.2) is 16.1 Å². The molecule has 0 atom stereocenters. The zero-order valence-electron chi connectivity index (χ0n) is 7.55. The Hall–Kier alpha value is -1.55. The smallest absolute Gasteiger partial charge is 0.307 e. The zero-order valence-corrected chi connectivity index (χ0v) is 8.31. The van der Waals surface area contributed by atoms with Crippen LogP contribution in [0.15, 0.2) is 18.3 Å². The van der Waals surface area contributed by atoms with Gasteiger partial charge in [0.2, 0.25) is 0 Å². The number of aliphatic carboxylic acids is 1. The summed E-state index contributed by atoms with van der Waals surface area (Å²) in [5, 5.41) is 9.21. The van der Waals surface area contributed by atoms with Gasteiger partial charge in [-0.25, -0.2) is 4.39 Å². The van der Waals surface area contributed by atoms with Crippen LogP contribution >= 0.6 is 11.6 Å². The van der Waals surface area contributed by atoms with Gasteiger partial charge in [-0.2, -0.15) is 0 Å². The molecule has 0 radical (unpaired) electrons. The average molecular weight is 228 g/mol. The molecule has 0 fully saturated rings. The van der Waals surface area contributed by atoms with E-state index < -0.39 is 11.8 Å². The molecular weight excluding hydrogens is 221 g/mol. The Labute approximate surface area is 89.5 Å². The SMILES string of the molecule is O=C(O)Cc1c[nH]c2cc(Cl)c(F)cc12. The number of carboxylic acid groups (broad SMARTS) is 1. The molecule has 15 heavy (non-hydrogen) atoms. The Morgan fingerprint density at radius 1 is 1.53 bits per heavy atom. The molecule has 0 bridgehead atoms. The molecule has 0 unspecified atom stereocenters. The number of halogens is 2. The fraction of sp³-hybridized carbons (Fsp3) is 0.100. The van der Waals surface area contributed by atoms with Crippen molar-refractivity contribution in [1.29, 1.82) is 0 Å². The topological polar surface area (TPSA) is 53.1 Å². The van der Waals surface area contributed by atoms with Gasteiger partial charge in [0.15, 0.2) is 0 Å². The van der Waals surface area contributed by atoms with Crippen LogP contribution in [0.2, 0.25) is 5.02 Å². The molecule has 2 N–H and O–H groups in total. The third-order valence-electron chi connectivity index (χ3n) is 2.15. The van der Waals surface area contributed by atoms with Crippen LogP contribution in [0.3, 0.4) is 0 Å². The number of benzene rings is 1. The number of fused-ring (bicyclic) bond motifs is 1. The molecule has 2 rings (SSSR count). The minimum atomic E-state index is -0.953. The third-order valence-corrected chi connectivity index (χ3v) is 2.44. The van der Waals surface area contributed by atoms with Crippen LogP contribution in [-0.2, 0) is 11.2 Å². The number of hydrogen-bond donors (Lipinski definition) is 2. The van der Waals surface area contributed by atoms with Crippen molar-refractivity contribution in [3.63, 3.8) is 0 Å². The number of carboxylic acids is 1. The first-order valence-electron chi connectivity index (χ1n) is 4.24. The van der Waals surface area contributed by atoms with Gasteiger partial charge in [-0.3, -0.25) is 4.79 Å². The molecule has 2 aromatic rings. The molecule has 3 nitrogen and oxygen atoms in total. The lowest BCUT2D eigenvalue weighted by atomic mass is 10.1. The summed E-state index contributed by atoms with van der Waals surface area (Å²) in [6.45, 7) is 0. The lowest BCUT2D eigenvalue weighted by Gasteiger charge is -1.97. The van der Waals surface area contributed by atoms with Gasteiger partial charge in [0.1, 0.15) is 5.82 Å². The first-order valence-corrected chi connectivity index (χ1v) is 4.62. The molecule has 0 aliphatic rings. The van der Waals surface area contributed by atoms with E-state index in [4.69, 9.17) is 16.7 Å². The average Bonchev–Trinajstić information content (AvgIpc) is 2.49. The molecule has 1 aromatic carbocycles. The lowest BCUT2D eigenvalue weighted by molar-refractivity contribution is -0.136. The summed E-state index contributed by atoms with van der Waals surface area (Å²) in [5.41, 5.74) is 1.19. The lowest BCUT2D eigenvalue weighted by Crippen LogP contribution is -1.98. The highest BCUT2D eigenvalue weighted by molar-refractivity contribution is 6.31. The predicted molar refractivity (Wildman–Crippen MR) is 54.6 cm³/mol. The molecular formula is C10H7ClFNO2. The van der Waals surface area contributed by atoms with Crippen LogP contribution in [0.5, 0.6) is 0 Å².